The van der Waals surface area contributed by atoms with E-state index in [1.165, 1.54) is 5.56 Å². The number of ether oxygens (including phenoxy) is 1. The van der Waals surface area contributed by atoms with Gasteiger partial charge in [0, 0.05) is 37.6 Å². The summed E-state index contributed by atoms with van der Waals surface area (Å²) in [6.07, 6.45) is 0.577. The van der Waals surface area contributed by atoms with E-state index in [0.29, 0.717) is 25.6 Å². The van der Waals surface area contributed by atoms with Crippen molar-refractivity contribution in [2.24, 2.45) is 0 Å². The molecule has 1 aliphatic rings. The fourth-order valence-corrected chi connectivity index (χ4v) is 3.13. The number of hydrogen-bond acceptors (Lipinski definition) is 4. The van der Waals surface area contributed by atoms with Gasteiger partial charge in [-0.15, -0.1) is 12.4 Å². The maximum absolute atomic E-state index is 12.1. The third kappa shape index (κ3) is 6.46. The van der Waals surface area contributed by atoms with Crippen LogP contribution in [0.3, 0.4) is 0 Å². The summed E-state index contributed by atoms with van der Waals surface area (Å²) in [6, 6.07) is 8.28. The van der Waals surface area contributed by atoms with Gasteiger partial charge in [-0.25, -0.2) is 0 Å². The fourth-order valence-electron chi connectivity index (χ4n) is 2.18. The number of nitrogens with one attached hydrogen (secondary N) is 1. The van der Waals surface area contributed by atoms with Crippen LogP contribution in [0.5, 0.6) is 5.75 Å². The molecule has 1 heterocycles. The van der Waals surface area contributed by atoms with E-state index in [2.05, 4.69) is 5.32 Å². The predicted molar refractivity (Wildman–Crippen MR) is 95.3 cm³/mol. The SMILES string of the molecule is Cc1ccc(OCCN(C)C(=O)CC2CSCCN2)cc1.Cl. The average molecular weight is 345 g/mol. The zero-order chi connectivity index (χ0) is 15.1. The normalized spacial score (nSPS) is 17.5. The number of carbonyl (C=O) groups excluding carboxylic acids is 1. The van der Waals surface area contributed by atoms with E-state index < -0.39 is 0 Å². The Bertz CT molecular complexity index is 450. The topological polar surface area (TPSA) is 41.6 Å². The van der Waals surface area contributed by atoms with E-state index in [0.717, 1.165) is 23.8 Å². The number of thioether (sulfide) groups is 1. The van der Waals surface area contributed by atoms with Gasteiger partial charge >= 0.3 is 0 Å². The molecule has 0 bridgehead atoms. The van der Waals surface area contributed by atoms with Gasteiger partial charge in [-0.2, -0.15) is 11.8 Å². The molecule has 0 aliphatic carbocycles. The molecular formula is C16H25ClN2O2S. The minimum Gasteiger partial charge on any atom is -0.492 e. The second kappa shape index (κ2) is 9.98. The maximum atomic E-state index is 12.1. The molecule has 1 saturated heterocycles. The van der Waals surface area contributed by atoms with E-state index in [1.54, 1.807) is 4.90 Å². The summed E-state index contributed by atoms with van der Waals surface area (Å²) < 4.78 is 5.66. The highest BCUT2D eigenvalue weighted by molar-refractivity contribution is 7.99. The van der Waals surface area contributed by atoms with Crippen LogP contribution in [0.4, 0.5) is 0 Å². The lowest BCUT2D eigenvalue weighted by Gasteiger charge is -2.25. The van der Waals surface area contributed by atoms with E-state index in [9.17, 15) is 4.79 Å². The monoisotopic (exact) mass is 344 g/mol. The largest absolute Gasteiger partial charge is 0.492 e. The molecule has 0 radical (unpaired) electrons. The van der Waals surface area contributed by atoms with E-state index in [4.69, 9.17) is 4.74 Å². The lowest BCUT2D eigenvalue weighted by Crippen LogP contribution is -2.42. The highest BCUT2D eigenvalue weighted by Gasteiger charge is 2.18. The van der Waals surface area contributed by atoms with Gasteiger partial charge in [-0.1, -0.05) is 17.7 Å². The lowest BCUT2D eigenvalue weighted by atomic mass is 10.2. The van der Waals surface area contributed by atoms with Gasteiger partial charge in [0.25, 0.3) is 0 Å². The molecule has 0 saturated carbocycles. The van der Waals surface area contributed by atoms with Crippen LogP contribution >= 0.6 is 24.2 Å². The summed E-state index contributed by atoms with van der Waals surface area (Å²) in [7, 11) is 1.84. The van der Waals surface area contributed by atoms with Crippen molar-refractivity contribution in [3.8, 4) is 5.75 Å². The molecule has 1 N–H and O–H groups in total. The Hall–Kier alpha value is -0.910. The Labute approximate surface area is 143 Å². The molecule has 1 unspecified atom stereocenters. The number of carbonyl (C=O) groups is 1. The van der Waals surface area contributed by atoms with Gasteiger partial charge in [0.1, 0.15) is 12.4 Å². The molecule has 1 aliphatic heterocycles. The van der Waals surface area contributed by atoms with Crippen LogP contribution in [0.1, 0.15) is 12.0 Å². The number of rotatable bonds is 6. The second-order valence-electron chi connectivity index (χ2n) is 5.41. The van der Waals surface area contributed by atoms with Crippen LogP contribution in [0.15, 0.2) is 24.3 Å². The fraction of sp³-hybridized carbons (Fsp3) is 0.562. The molecule has 124 valence electrons. The molecule has 0 aromatic heterocycles. The Balaban J connectivity index is 0.00000242. The van der Waals surface area contributed by atoms with Gasteiger partial charge in [0.2, 0.25) is 5.91 Å². The Morgan fingerprint density at radius 3 is 2.77 bits per heavy atom. The Morgan fingerprint density at radius 1 is 1.41 bits per heavy atom. The number of nitrogens with zero attached hydrogens (tertiary/aromatic N) is 1. The zero-order valence-corrected chi connectivity index (χ0v) is 14.8. The van der Waals surface area contributed by atoms with Crippen molar-refractivity contribution in [1.82, 2.24) is 10.2 Å². The van der Waals surface area contributed by atoms with Crippen molar-refractivity contribution < 1.29 is 9.53 Å². The first-order valence-electron chi connectivity index (χ1n) is 7.39. The predicted octanol–water partition coefficient (Wildman–Crippen LogP) is 2.35. The minimum absolute atomic E-state index is 0. The van der Waals surface area contributed by atoms with Crippen LogP contribution in [-0.4, -0.2) is 55.1 Å². The van der Waals surface area contributed by atoms with Crippen molar-refractivity contribution in [2.75, 3.05) is 38.2 Å². The summed E-state index contributed by atoms with van der Waals surface area (Å²) in [5.41, 5.74) is 1.22. The first-order valence-corrected chi connectivity index (χ1v) is 8.55. The van der Waals surface area contributed by atoms with Crippen molar-refractivity contribution in [3.05, 3.63) is 29.8 Å². The third-order valence-electron chi connectivity index (χ3n) is 3.56. The van der Waals surface area contributed by atoms with Gasteiger partial charge in [0.05, 0.1) is 6.54 Å². The molecule has 1 fully saturated rings. The van der Waals surface area contributed by atoms with E-state index in [1.807, 2.05) is 50.0 Å². The lowest BCUT2D eigenvalue weighted by molar-refractivity contribution is -0.130. The summed E-state index contributed by atoms with van der Waals surface area (Å²) in [5, 5.41) is 3.39. The molecule has 22 heavy (non-hydrogen) atoms. The summed E-state index contributed by atoms with van der Waals surface area (Å²) >= 11 is 1.92. The quantitative estimate of drug-likeness (QED) is 0.860. The maximum Gasteiger partial charge on any atom is 0.224 e. The van der Waals surface area contributed by atoms with Crippen LogP contribution in [-0.2, 0) is 4.79 Å². The van der Waals surface area contributed by atoms with Gasteiger partial charge in [0.15, 0.2) is 0 Å². The number of halogens is 1. The molecular weight excluding hydrogens is 320 g/mol. The molecule has 1 aromatic rings. The van der Waals surface area contributed by atoms with Crippen LogP contribution in [0.2, 0.25) is 0 Å². The highest BCUT2D eigenvalue weighted by atomic mass is 35.5. The smallest absolute Gasteiger partial charge is 0.224 e. The van der Waals surface area contributed by atoms with Crippen molar-refractivity contribution >= 4 is 30.1 Å². The van der Waals surface area contributed by atoms with Crippen molar-refractivity contribution in [1.29, 1.82) is 0 Å². The third-order valence-corrected chi connectivity index (χ3v) is 4.69. The molecule has 4 nitrogen and oxygen atoms in total. The second-order valence-corrected chi connectivity index (χ2v) is 6.56. The van der Waals surface area contributed by atoms with Gasteiger partial charge < -0.3 is 15.0 Å². The standard InChI is InChI=1S/C16H24N2O2S.ClH/c1-13-3-5-15(6-4-13)20-9-8-18(2)16(19)11-14-12-21-10-7-17-14;/h3-6,14,17H,7-12H2,1-2H3;1H. The van der Waals surface area contributed by atoms with E-state index in [-0.39, 0.29) is 18.3 Å². The van der Waals surface area contributed by atoms with Crippen LogP contribution in [0, 0.1) is 6.92 Å². The van der Waals surface area contributed by atoms with Crippen LogP contribution in [0.25, 0.3) is 0 Å². The first kappa shape index (κ1) is 19.1. The van der Waals surface area contributed by atoms with E-state index >= 15 is 0 Å². The molecule has 1 amide bonds. The van der Waals surface area contributed by atoms with Crippen LogP contribution < -0.4 is 10.1 Å². The number of hydrogen-bond donors (Lipinski definition) is 1. The number of likely N-dealkylation sites (N-methyl/N-ethyl adjacent to an activating group) is 1. The molecule has 0 spiro atoms. The summed E-state index contributed by atoms with van der Waals surface area (Å²) in [4.78, 5) is 13.9. The molecule has 1 aromatic carbocycles. The number of amides is 1. The first-order chi connectivity index (χ1) is 10.1. The van der Waals surface area contributed by atoms with Crippen molar-refractivity contribution in [2.45, 2.75) is 19.4 Å². The van der Waals surface area contributed by atoms with Gasteiger partial charge in [-0.05, 0) is 19.1 Å². The molecule has 6 heteroatoms. The summed E-state index contributed by atoms with van der Waals surface area (Å²) in [5.74, 6) is 3.21. The Kier molecular flexibility index (Phi) is 8.68. The van der Waals surface area contributed by atoms with Gasteiger partial charge in [-0.3, -0.25) is 4.79 Å². The Morgan fingerprint density at radius 2 is 2.14 bits per heavy atom. The van der Waals surface area contributed by atoms with Crippen molar-refractivity contribution in [3.63, 3.8) is 0 Å². The highest BCUT2D eigenvalue weighted by Crippen LogP contribution is 2.12. The average Bonchev–Trinajstić information content (AvgIpc) is 2.50. The summed E-state index contributed by atoms with van der Waals surface area (Å²) in [6.45, 7) is 4.20. The molecule has 2 rings (SSSR count). The zero-order valence-electron chi connectivity index (χ0n) is 13.2. The number of aryl methyl sites for hydroxylation is 1. The number of benzene rings is 1. The molecule has 1 atom stereocenters. The minimum atomic E-state index is 0.